The number of nitrogens with zero attached hydrogens (tertiary/aromatic N) is 4. The second kappa shape index (κ2) is 10.0. The first-order valence-corrected chi connectivity index (χ1v) is 10.3. The van der Waals surface area contributed by atoms with Crippen LogP contribution >= 0.6 is 0 Å². The van der Waals surface area contributed by atoms with Gasteiger partial charge in [-0.25, -0.2) is 4.98 Å². The summed E-state index contributed by atoms with van der Waals surface area (Å²) >= 11 is 0. The van der Waals surface area contributed by atoms with E-state index >= 15 is 0 Å². The molecule has 31 heavy (non-hydrogen) atoms. The van der Waals surface area contributed by atoms with Gasteiger partial charge in [0.2, 0.25) is 0 Å². The van der Waals surface area contributed by atoms with E-state index < -0.39 is 4.92 Å². The highest BCUT2D eigenvalue weighted by molar-refractivity contribution is 5.94. The molecule has 0 radical (unpaired) electrons. The van der Waals surface area contributed by atoms with Crippen LogP contribution in [0.5, 0.6) is 5.75 Å². The van der Waals surface area contributed by atoms with Gasteiger partial charge in [0, 0.05) is 37.8 Å². The molecule has 0 unspecified atom stereocenters. The average molecular weight is 425 g/mol. The molecule has 0 aliphatic heterocycles. The van der Waals surface area contributed by atoms with Crippen molar-refractivity contribution in [2.75, 3.05) is 31.6 Å². The number of benzene rings is 2. The number of hydrogen-bond donors (Lipinski definition) is 1. The number of non-ortho nitro benzene ring substituents is 1. The zero-order valence-electron chi connectivity index (χ0n) is 18.0. The molecule has 1 amide bonds. The minimum atomic E-state index is -0.487. The molecule has 0 fully saturated rings. The molecule has 1 N–H and O–H groups in total. The van der Waals surface area contributed by atoms with Gasteiger partial charge in [-0.2, -0.15) is 0 Å². The fraction of sp³-hybridized carbons (Fsp3) is 0.364. The van der Waals surface area contributed by atoms with E-state index in [1.54, 1.807) is 0 Å². The van der Waals surface area contributed by atoms with Crippen molar-refractivity contribution in [3.05, 3.63) is 58.4 Å². The van der Waals surface area contributed by atoms with Gasteiger partial charge in [-0.05, 0) is 43.4 Å². The summed E-state index contributed by atoms with van der Waals surface area (Å²) in [5.41, 5.74) is 2.44. The molecule has 0 saturated carbocycles. The lowest BCUT2D eigenvalue weighted by molar-refractivity contribution is -0.384. The SMILES string of the molecule is CCN(CC)CCc1nc2cc(NC(=O)COc3ccc([N+](=O)[O-])cc3)ccc2n1C. The Balaban J connectivity index is 1.60. The first-order chi connectivity index (χ1) is 14.9. The highest BCUT2D eigenvalue weighted by Crippen LogP contribution is 2.21. The summed E-state index contributed by atoms with van der Waals surface area (Å²) in [5.74, 6) is 1.07. The number of nitrogens with one attached hydrogen (secondary N) is 1. The van der Waals surface area contributed by atoms with E-state index in [9.17, 15) is 14.9 Å². The van der Waals surface area contributed by atoms with Crippen molar-refractivity contribution in [3.63, 3.8) is 0 Å². The van der Waals surface area contributed by atoms with Crippen LogP contribution in [-0.4, -0.2) is 51.5 Å². The number of imidazole rings is 1. The van der Waals surface area contributed by atoms with Gasteiger partial charge in [-0.15, -0.1) is 0 Å². The summed E-state index contributed by atoms with van der Waals surface area (Å²) in [5, 5.41) is 13.5. The van der Waals surface area contributed by atoms with Crippen LogP contribution < -0.4 is 10.1 Å². The average Bonchev–Trinajstić information content (AvgIpc) is 3.08. The summed E-state index contributed by atoms with van der Waals surface area (Å²) in [7, 11) is 2.00. The van der Waals surface area contributed by atoms with Gasteiger partial charge in [0.1, 0.15) is 11.6 Å². The van der Waals surface area contributed by atoms with Crippen molar-refractivity contribution >= 4 is 28.3 Å². The van der Waals surface area contributed by atoms with E-state index in [1.165, 1.54) is 24.3 Å². The normalized spacial score (nSPS) is 11.1. The van der Waals surface area contributed by atoms with Crippen molar-refractivity contribution in [2.45, 2.75) is 20.3 Å². The smallest absolute Gasteiger partial charge is 0.269 e. The van der Waals surface area contributed by atoms with Gasteiger partial charge in [0.25, 0.3) is 11.6 Å². The number of rotatable bonds is 10. The Morgan fingerprint density at radius 2 is 1.90 bits per heavy atom. The number of aromatic nitrogens is 2. The molecule has 0 aliphatic carbocycles. The van der Waals surface area contributed by atoms with Crippen LogP contribution in [0.1, 0.15) is 19.7 Å². The lowest BCUT2D eigenvalue weighted by atomic mass is 10.2. The largest absolute Gasteiger partial charge is 0.484 e. The zero-order valence-corrected chi connectivity index (χ0v) is 18.0. The summed E-state index contributed by atoms with van der Waals surface area (Å²) < 4.78 is 7.49. The summed E-state index contributed by atoms with van der Waals surface area (Å²) in [6.45, 7) is 7.08. The van der Waals surface area contributed by atoms with E-state index in [4.69, 9.17) is 9.72 Å². The zero-order chi connectivity index (χ0) is 22.4. The molecule has 3 rings (SSSR count). The molecule has 1 aromatic heterocycles. The van der Waals surface area contributed by atoms with Crippen LogP contribution in [0.4, 0.5) is 11.4 Å². The van der Waals surface area contributed by atoms with Gasteiger partial charge < -0.3 is 19.5 Å². The van der Waals surface area contributed by atoms with Gasteiger partial charge in [0.05, 0.1) is 16.0 Å². The van der Waals surface area contributed by atoms with Crippen molar-refractivity contribution < 1.29 is 14.5 Å². The van der Waals surface area contributed by atoms with Gasteiger partial charge >= 0.3 is 0 Å². The van der Waals surface area contributed by atoms with E-state index in [-0.39, 0.29) is 18.2 Å². The minimum Gasteiger partial charge on any atom is -0.484 e. The van der Waals surface area contributed by atoms with Crippen LogP contribution in [-0.2, 0) is 18.3 Å². The van der Waals surface area contributed by atoms with E-state index in [0.717, 1.165) is 42.9 Å². The van der Waals surface area contributed by atoms with Crippen molar-refractivity contribution in [1.82, 2.24) is 14.5 Å². The molecule has 0 spiro atoms. The van der Waals surface area contributed by atoms with Gasteiger partial charge in [-0.1, -0.05) is 13.8 Å². The number of hydrogen-bond acceptors (Lipinski definition) is 6. The maximum absolute atomic E-state index is 12.2. The predicted octanol–water partition coefficient (Wildman–Crippen LogP) is 3.38. The quantitative estimate of drug-likeness (QED) is 0.395. The maximum Gasteiger partial charge on any atom is 0.269 e. The van der Waals surface area contributed by atoms with Gasteiger partial charge in [-0.3, -0.25) is 14.9 Å². The number of carbonyl (C=O) groups excluding carboxylic acids is 1. The fourth-order valence-electron chi connectivity index (χ4n) is 3.36. The van der Waals surface area contributed by atoms with E-state index in [0.29, 0.717) is 11.4 Å². The molecule has 0 atom stereocenters. The summed E-state index contributed by atoms with van der Waals surface area (Å²) in [6.07, 6.45) is 0.859. The fourth-order valence-corrected chi connectivity index (χ4v) is 3.36. The number of fused-ring (bicyclic) bond motifs is 1. The minimum absolute atomic E-state index is 0.0306. The number of anilines is 1. The molecular weight excluding hydrogens is 398 g/mol. The lowest BCUT2D eigenvalue weighted by Gasteiger charge is -2.17. The van der Waals surface area contributed by atoms with Crippen LogP contribution in [0.25, 0.3) is 11.0 Å². The Morgan fingerprint density at radius 1 is 1.19 bits per heavy atom. The third-order valence-corrected chi connectivity index (χ3v) is 5.22. The summed E-state index contributed by atoms with van der Waals surface area (Å²) in [6, 6.07) is 11.2. The number of amides is 1. The standard InChI is InChI=1S/C22H27N5O4/c1-4-26(5-2)13-12-21-24-19-14-16(6-11-20(19)25(21)3)23-22(28)15-31-18-9-7-17(8-10-18)27(29)30/h6-11,14H,4-5,12-13,15H2,1-3H3,(H,23,28). The maximum atomic E-state index is 12.2. The Kier molecular flexibility index (Phi) is 7.19. The van der Waals surface area contributed by atoms with Crippen molar-refractivity contribution in [1.29, 1.82) is 0 Å². The first kappa shape index (κ1) is 22.2. The third kappa shape index (κ3) is 5.58. The first-order valence-electron chi connectivity index (χ1n) is 10.3. The number of carbonyl (C=O) groups is 1. The number of nitro benzene ring substituents is 1. The molecular formula is C22H27N5O4. The molecule has 9 nitrogen and oxygen atoms in total. The second-order valence-corrected chi connectivity index (χ2v) is 7.16. The molecule has 3 aromatic rings. The van der Waals surface area contributed by atoms with Crippen LogP contribution in [0.3, 0.4) is 0 Å². The Hall–Kier alpha value is -3.46. The molecule has 0 saturated heterocycles. The topological polar surface area (TPSA) is 103 Å². The summed E-state index contributed by atoms with van der Waals surface area (Å²) in [4.78, 5) is 29.5. The predicted molar refractivity (Wildman–Crippen MR) is 119 cm³/mol. The Labute approximate surface area is 180 Å². The molecule has 0 bridgehead atoms. The Morgan fingerprint density at radius 3 is 2.55 bits per heavy atom. The number of nitro groups is 1. The lowest BCUT2D eigenvalue weighted by Crippen LogP contribution is -2.26. The molecule has 1 heterocycles. The molecule has 0 aliphatic rings. The van der Waals surface area contributed by atoms with Crippen LogP contribution in [0.15, 0.2) is 42.5 Å². The highest BCUT2D eigenvalue weighted by atomic mass is 16.6. The third-order valence-electron chi connectivity index (χ3n) is 5.22. The molecule has 164 valence electrons. The van der Waals surface area contributed by atoms with Crippen LogP contribution in [0, 0.1) is 10.1 Å². The number of aryl methyl sites for hydroxylation is 1. The van der Waals surface area contributed by atoms with Gasteiger partial charge in [0.15, 0.2) is 6.61 Å². The number of likely N-dealkylation sites (N-methyl/N-ethyl adjacent to an activating group) is 1. The van der Waals surface area contributed by atoms with Crippen LogP contribution in [0.2, 0.25) is 0 Å². The van der Waals surface area contributed by atoms with E-state index in [2.05, 4.69) is 28.6 Å². The van der Waals surface area contributed by atoms with Crippen molar-refractivity contribution in [3.8, 4) is 5.75 Å². The monoisotopic (exact) mass is 425 g/mol. The molecule has 9 heteroatoms. The molecule has 2 aromatic carbocycles. The Bertz CT molecular complexity index is 1060. The second-order valence-electron chi connectivity index (χ2n) is 7.16. The van der Waals surface area contributed by atoms with E-state index in [1.807, 2.05) is 25.2 Å². The number of ether oxygens (including phenoxy) is 1. The van der Waals surface area contributed by atoms with Crippen molar-refractivity contribution in [2.24, 2.45) is 7.05 Å². The highest BCUT2D eigenvalue weighted by Gasteiger charge is 2.11.